The topological polar surface area (TPSA) is 67.2 Å². The van der Waals surface area contributed by atoms with Crippen molar-refractivity contribution in [2.75, 3.05) is 11.9 Å². The van der Waals surface area contributed by atoms with E-state index < -0.39 is 6.04 Å². The summed E-state index contributed by atoms with van der Waals surface area (Å²) < 4.78 is 2.43. The van der Waals surface area contributed by atoms with E-state index in [1.54, 1.807) is 15.5 Å². The lowest BCUT2D eigenvalue weighted by Crippen LogP contribution is -2.39. The zero-order chi connectivity index (χ0) is 24.4. The van der Waals surface area contributed by atoms with E-state index in [4.69, 9.17) is 4.98 Å². The van der Waals surface area contributed by atoms with Crippen molar-refractivity contribution in [1.29, 1.82) is 0 Å². The molecule has 0 saturated heterocycles. The molecule has 4 aromatic rings. The molecule has 0 aliphatic carbocycles. The van der Waals surface area contributed by atoms with Crippen LogP contribution in [0.25, 0.3) is 16.6 Å². The lowest BCUT2D eigenvalue weighted by molar-refractivity contribution is 0.193. The van der Waals surface area contributed by atoms with Crippen molar-refractivity contribution in [3.8, 4) is 5.69 Å². The monoisotopic (exact) mass is 518 g/mol. The van der Waals surface area contributed by atoms with Crippen molar-refractivity contribution in [1.82, 2.24) is 14.5 Å². The van der Waals surface area contributed by atoms with Crippen molar-refractivity contribution < 1.29 is 4.79 Å². The molecular formula is C27H27BrN4O2. The molecule has 174 valence electrons. The number of hydrogen-bond acceptors (Lipinski definition) is 3. The van der Waals surface area contributed by atoms with Crippen LogP contribution < -0.4 is 10.9 Å². The largest absolute Gasteiger partial charge is 0.322 e. The molecule has 4 rings (SSSR count). The maximum atomic E-state index is 13.7. The van der Waals surface area contributed by atoms with Gasteiger partial charge < -0.3 is 10.2 Å². The normalized spacial score (nSPS) is 11.9. The number of urea groups is 1. The van der Waals surface area contributed by atoms with Crippen molar-refractivity contribution in [3.63, 3.8) is 0 Å². The molecule has 3 aromatic carbocycles. The summed E-state index contributed by atoms with van der Waals surface area (Å²) >= 11 is 3.48. The van der Waals surface area contributed by atoms with Gasteiger partial charge in [0.25, 0.3) is 5.56 Å². The van der Waals surface area contributed by atoms with Crippen LogP contribution in [0.5, 0.6) is 0 Å². The summed E-state index contributed by atoms with van der Waals surface area (Å²) in [4.78, 5) is 33.5. The second-order valence-electron chi connectivity index (χ2n) is 8.27. The molecule has 34 heavy (non-hydrogen) atoms. The standard InChI is InChI=1S/C27H27BrN4O2/c1-5-31(27(34)30-24-13-9-7-11-22(24)28)19(4)25-29-23-12-8-6-10-21(23)26(33)32(25)20-15-14-17(2)18(3)16-20/h6-16,19H,5H2,1-4H3,(H,30,34). The van der Waals surface area contributed by atoms with E-state index in [2.05, 4.69) is 21.2 Å². The van der Waals surface area contributed by atoms with Crippen molar-refractivity contribution in [3.05, 3.63) is 98.5 Å². The molecule has 7 heteroatoms. The van der Waals surface area contributed by atoms with Gasteiger partial charge in [0.15, 0.2) is 0 Å². The molecule has 0 spiro atoms. The highest BCUT2D eigenvalue weighted by atomic mass is 79.9. The molecule has 2 amide bonds. The number of nitrogens with one attached hydrogen (secondary N) is 1. The zero-order valence-corrected chi connectivity index (χ0v) is 21.3. The maximum absolute atomic E-state index is 13.7. The predicted octanol–water partition coefficient (Wildman–Crippen LogP) is 6.38. The first-order valence-corrected chi connectivity index (χ1v) is 12.0. The first-order chi connectivity index (χ1) is 16.3. The molecule has 0 fully saturated rings. The number of carbonyl (C=O) groups is 1. The highest BCUT2D eigenvalue weighted by Gasteiger charge is 2.26. The molecule has 1 unspecified atom stereocenters. The highest BCUT2D eigenvalue weighted by molar-refractivity contribution is 9.10. The molecule has 1 atom stereocenters. The molecule has 0 aliphatic rings. The third-order valence-corrected chi connectivity index (χ3v) is 6.80. The van der Waals surface area contributed by atoms with Crippen LogP contribution in [-0.4, -0.2) is 27.0 Å². The van der Waals surface area contributed by atoms with Gasteiger partial charge in [0, 0.05) is 11.0 Å². The Morgan fingerprint density at radius 2 is 1.76 bits per heavy atom. The maximum Gasteiger partial charge on any atom is 0.322 e. The van der Waals surface area contributed by atoms with Gasteiger partial charge in [-0.1, -0.05) is 30.3 Å². The minimum absolute atomic E-state index is 0.155. The summed E-state index contributed by atoms with van der Waals surface area (Å²) in [5.74, 6) is 0.510. The van der Waals surface area contributed by atoms with Gasteiger partial charge in [0.05, 0.1) is 28.3 Å². The van der Waals surface area contributed by atoms with E-state index in [9.17, 15) is 9.59 Å². The van der Waals surface area contributed by atoms with Crippen LogP contribution in [0.4, 0.5) is 10.5 Å². The number of para-hydroxylation sites is 2. The van der Waals surface area contributed by atoms with E-state index in [1.165, 1.54) is 0 Å². The van der Waals surface area contributed by atoms with Crippen LogP contribution in [0.3, 0.4) is 0 Å². The van der Waals surface area contributed by atoms with Crippen molar-refractivity contribution >= 4 is 38.6 Å². The molecule has 6 nitrogen and oxygen atoms in total. The molecule has 0 saturated carbocycles. The fourth-order valence-electron chi connectivity index (χ4n) is 4.03. The van der Waals surface area contributed by atoms with Crippen LogP contribution >= 0.6 is 15.9 Å². The Labute approximate surface area is 207 Å². The van der Waals surface area contributed by atoms with Gasteiger partial charge in [-0.15, -0.1) is 0 Å². The predicted molar refractivity (Wildman–Crippen MR) is 141 cm³/mol. The summed E-state index contributed by atoms with van der Waals surface area (Å²) in [7, 11) is 0. The minimum atomic E-state index is -0.466. The Hall–Kier alpha value is -3.45. The number of fused-ring (bicyclic) bond motifs is 1. The lowest BCUT2D eigenvalue weighted by Gasteiger charge is -2.30. The SMILES string of the molecule is CCN(C(=O)Nc1ccccc1Br)C(C)c1nc2ccccc2c(=O)n1-c1ccc(C)c(C)c1. The van der Waals surface area contributed by atoms with Crippen LogP contribution in [0.1, 0.15) is 36.8 Å². The smallest absolute Gasteiger partial charge is 0.315 e. The van der Waals surface area contributed by atoms with E-state index in [1.807, 2.05) is 88.4 Å². The molecule has 1 heterocycles. The molecule has 1 N–H and O–H groups in total. The average molecular weight is 519 g/mol. The van der Waals surface area contributed by atoms with Crippen LogP contribution in [0.2, 0.25) is 0 Å². The van der Waals surface area contributed by atoms with E-state index in [0.29, 0.717) is 29.0 Å². The summed E-state index contributed by atoms with van der Waals surface area (Å²) in [6.07, 6.45) is 0. The van der Waals surface area contributed by atoms with E-state index in [-0.39, 0.29) is 11.6 Å². The van der Waals surface area contributed by atoms with Crippen molar-refractivity contribution in [2.45, 2.75) is 33.7 Å². The van der Waals surface area contributed by atoms with Gasteiger partial charge in [0.1, 0.15) is 5.82 Å². The van der Waals surface area contributed by atoms with Crippen LogP contribution in [0, 0.1) is 13.8 Å². The average Bonchev–Trinajstić information content (AvgIpc) is 2.83. The number of anilines is 1. The number of aryl methyl sites for hydroxylation is 2. The first-order valence-electron chi connectivity index (χ1n) is 11.2. The Bertz CT molecular complexity index is 1430. The van der Waals surface area contributed by atoms with Gasteiger partial charge >= 0.3 is 6.03 Å². The number of benzene rings is 3. The van der Waals surface area contributed by atoms with Gasteiger partial charge in [-0.2, -0.15) is 0 Å². The summed E-state index contributed by atoms with van der Waals surface area (Å²) in [6, 6.07) is 19.9. The molecule has 0 aliphatic heterocycles. The van der Waals surface area contributed by atoms with Crippen LogP contribution in [0.15, 0.2) is 76.0 Å². The summed E-state index contributed by atoms with van der Waals surface area (Å²) in [5, 5.41) is 3.50. The van der Waals surface area contributed by atoms with Gasteiger partial charge in [0.2, 0.25) is 0 Å². The number of amides is 2. The summed E-state index contributed by atoms with van der Waals surface area (Å²) in [6.45, 7) is 8.31. The molecule has 0 bridgehead atoms. The Morgan fingerprint density at radius 3 is 2.47 bits per heavy atom. The number of nitrogens with zero attached hydrogens (tertiary/aromatic N) is 3. The highest BCUT2D eigenvalue weighted by Crippen LogP contribution is 2.26. The lowest BCUT2D eigenvalue weighted by atomic mass is 10.1. The summed E-state index contributed by atoms with van der Waals surface area (Å²) in [5.41, 5.74) is 4.08. The quantitative estimate of drug-likeness (QED) is 0.333. The molecule has 1 aromatic heterocycles. The number of rotatable bonds is 5. The van der Waals surface area contributed by atoms with Crippen LogP contribution in [-0.2, 0) is 0 Å². The van der Waals surface area contributed by atoms with Gasteiger partial charge in [-0.3, -0.25) is 9.36 Å². The van der Waals surface area contributed by atoms with Crippen molar-refractivity contribution in [2.24, 2.45) is 0 Å². The molecular weight excluding hydrogens is 492 g/mol. The molecule has 0 radical (unpaired) electrons. The third-order valence-electron chi connectivity index (χ3n) is 6.11. The Balaban J connectivity index is 1.84. The Kier molecular flexibility index (Phi) is 6.84. The second-order valence-corrected chi connectivity index (χ2v) is 9.12. The third kappa shape index (κ3) is 4.48. The number of halogens is 1. The number of aromatic nitrogens is 2. The van der Waals surface area contributed by atoms with Gasteiger partial charge in [-0.05, 0) is 91.1 Å². The van der Waals surface area contributed by atoms with Gasteiger partial charge in [-0.25, -0.2) is 9.78 Å². The second kappa shape index (κ2) is 9.81. The number of carbonyl (C=O) groups excluding carboxylic acids is 1. The zero-order valence-electron chi connectivity index (χ0n) is 19.7. The Morgan fingerprint density at radius 1 is 1.06 bits per heavy atom. The number of hydrogen-bond donors (Lipinski definition) is 1. The minimum Gasteiger partial charge on any atom is -0.315 e. The van der Waals surface area contributed by atoms with E-state index in [0.717, 1.165) is 21.3 Å². The fourth-order valence-corrected chi connectivity index (χ4v) is 4.41. The first kappa shape index (κ1) is 23.7. The van der Waals surface area contributed by atoms with E-state index >= 15 is 0 Å². The fraction of sp³-hybridized carbons (Fsp3) is 0.222.